The summed E-state index contributed by atoms with van der Waals surface area (Å²) in [6.45, 7) is 6.79. The molecule has 0 bridgehead atoms. The number of rotatable bonds is 3. The molecule has 1 unspecified atom stereocenters. The van der Waals surface area contributed by atoms with Crippen LogP contribution in [-0.4, -0.2) is 6.47 Å². The zero-order valence-corrected chi connectivity index (χ0v) is 9.36. The monoisotopic (exact) mass is 207 g/mol. The lowest BCUT2D eigenvalue weighted by Gasteiger charge is -2.19. The first-order valence-electron chi connectivity index (χ1n) is 4.90. The SMILES string of the molecule is CC(C)(C)c1ccc(C(N)OC=O)cc1. The van der Waals surface area contributed by atoms with Gasteiger partial charge in [0.1, 0.15) is 0 Å². The minimum Gasteiger partial charge on any atom is -0.445 e. The van der Waals surface area contributed by atoms with Crippen molar-refractivity contribution in [2.45, 2.75) is 32.4 Å². The van der Waals surface area contributed by atoms with Crippen LogP contribution >= 0.6 is 0 Å². The molecular formula is C12H17NO2. The van der Waals surface area contributed by atoms with Gasteiger partial charge >= 0.3 is 0 Å². The molecule has 1 aromatic carbocycles. The highest BCUT2D eigenvalue weighted by molar-refractivity contribution is 5.38. The van der Waals surface area contributed by atoms with E-state index in [4.69, 9.17) is 5.73 Å². The van der Waals surface area contributed by atoms with E-state index < -0.39 is 6.23 Å². The van der Waals surface area contributed by atoms with Gasteiger partial charge in [-0.3, -0.25) is 10.5 Å². The molecule has 0 aromatic heterocycles. The van der Waals surface area contributed by atoms with Gasteiger partial charge in [-0.1, -0.05) is 45.0 Å². The Hall–Kier alpha value is -1.35. The number of benzene rings is 1. The highest BCUT2D eigenvalue weighted by Gasteiger charge is 2.14. The van der Waals surface area contributed by atoms with Crippen molar-refractivity contribution in [3.63, 3.8) is 0 Å². The van der Waals surface area contributed by atoms with Gasteiger partial charge in [0, 0.05) is 5.56 Å². The first-order valence-corrected chi connectivity index (χ1v) is 4.90. The maximum absolute atomic E-state index is 10.1. The van der Waals surface area contributed by atoms with E-state index >= 15 is 0 Å². The fraction of sp³-hybridized carbons (Fsp3) is 0.417. The van der Waals surface area contributed by atoms with Gasteiger partial charge in [-0.25, -0.2) is 0 Å². The summed E-state index contributed by atoms with van der Waals surface area (Å²) in [7, 11) is 0. The zero-order chi connectivity index (χ0) is 11.5. The second kappa shape index (κ2) is 4.45. The van der Waals surface area contributed by atoms with E-state index in [0.717, 1.165) is 5.56 Å². The molecule has 0 aliphatic heterocycles. The van der Waals surface area contributed by atoms with Crippen LogP contribution < -0.4 is 5.73 Å². The molecule has 0 aliphatic carbocycles. The molecule has 0 saturated heterocycles. The number of hydrogen-bond acceptors (Lipinski definition) is 3. The summed E-state index contributed by atoms with van der Waals surface area (Å²) < 4.78 is 4.65. The Morgan fingerprint density at radius 2 is 1.80 bits per heavy atom. The molecule has 0 saturated carbocycles. The van der Waals surface area contributed by atoms with Gasteiger partial charge in [0.25, 0.3) is 6.47 Å². The quantitative estimate of drug-likeness (QED) is 0.610. The molecule has 0 aliphatic rings. The molecular weight excluding hydrogens is 190 g/mol. The Labute approximate surface area is 90.2 Å². The summed E-state index contributed by atoms with van der Waals surface area (Å²) in [4.78, 5) is 10.1. The Morgan fingerprint density at radius 3 is 2.20 bits per heavy atom. The van der Waals surface area contributed by atoms with Gasteiger partial charge < -0.3 is 4.74 Å². The zero-order valence-electron chi connectivity index (χ0n) is 9.36. The van der Waals surface area contributed by atoms with Crippen LogP contribution in [0.5, 0.6) is 0 Å². The standard InChI is InChI=1S/C12H17NO2/c1-12(2,3)10-6-4-9(5-7-10)11(13)15-8-14/h4-8,11H,13H2,1-3H3. The van der Waals surface area contributed by atoms with Crippen molar-refractivity contribution in [2.75, 3.05) is 0 Å². The van der Waals surface area contributed by atoms with E-state index in [1.807, 2.05) is 24.3 Å². The smallest absolute Gasteiger partial charge is 0.294 e. The van der Waals surface area contributed by atoms with Crippen molar-refractivity contribution in [2.24, 2.45) is 5.73 Å². The Bertz CT molecular complexity index is 324. The molecule has 0 spiro atoms. The third kappa shape index (κ3) is 3.06. The Balaban J connectivity index is 2.85. The molecule has 0 fully saturated rings. The van der Waals surface area contributed by atoms with Crippen LogP contribution in [0.4, 0.5) is 0 Å². The normalized spacial score (nSPS) is 13.3. The van der Waals surface area contributed by atoms with E-state index in [1.165, 1.54) is 5.56 Å². The molecule has 0 amide bonds. The number of ether oxygens (including phenoxy) is 1. The number of nitrogens with two attached hydrogens (primary N) is 1. The van der Waals surface area contributed by atoms with E-state index in [2.05, 4.69) is 25.5 Å². The van der Waals surface area contributed by atoms with Crippen molar-refractivity contribution >= 4 is 6.47 Å². The van der Waals surface area contributed by atoms with Gasteiger partial charge in [-0.15, -0.1) is 0 Å². The van der Waals surface area contributed by atoms with Crippen LogP contribution in [-0.2, 0) is 14.9 Å². The predicted molar refractivity (Wildman–Crippen MR) is 59.2 cm³/mol. The number of carbonyl (C=O) groups excluding carboxylic acids is 1. The van der Waals surface area contributed by atoms with Gasteiger partial charge in [-0.2, -0.15) is 0 Å². The van der Waals surface area contributed by atoms with E-state index in [0.29, 0.717) is 6.47 Å². The Morgan fingerprint density at radius 1 is 1.27 bits per heavy atom. The highest BCUT2D eigenvalue weighted by atomic mass is 16.5. The second-order valence-electron chi connectivity index (χ2n) is 4.52. The molecule has 0 heterocycles. The van der Waals surface area contributed by atoms with Crippen LogP contribution in [0.3, 0.4) is 0 Å². The van der Waals surface area contributed by atoms with Gasteiger partial charge in [0.05, 0.1) is 0 Å². The first-order chi connectivity index (χ1) is 6.95. The van der Waals surface area contributed by atoms with Crippen molar-refractivity contribution in [3.05, 3.63) is 35.4 Å². The third-order valence-electron chi connectivity index (χ3n) is 2.31. The molecule has 1 aromatic rings. The van der Waals surface area contributed by atoms with E-state index in [-0.39, 0.29) is 5.41 Å². The lowest BCUT2D eigenvalue weighted by Crippen LogP contribution is -2.15. The molecule has 2 N–H and O–H groups in total. The van der Waals surface area contributed by atoms with Crippen LogP contribution in [0.1, 0.15) is 38.1 Å². The maximum Gasteiger partial charge on any atom is 0.294 e. The minimum atomic E-state index is -0.670. The minimum absolute atomic E-state index is 0.119. The summed E-state index contributed by atoms with van der Waals surface area (Å²) in [6.07, 6.45) is -0.670. The van der Waals surface area contributed by atoms with Crippen molar-refractivity contribution in [3.8, 4) is 0 Å². The number of carbonyl (C=O) groups is 1. The van der Waals surface area contributed by atoms with Gasteiger partial charge in [-0.05, 0) is 11.0 Å². The molecule has 0 radical (unpaired) electrons. The summed E-state index contributed by atoms with van der Waals surface area (Å²) >= 11 is 0. The third-order valence-corrected chi connectivity index (χ3v) is 2.31. The summed E-state index contributed by atoms with van der Waals surface area (Å²) in [6, 6.07) is 7.77. The average Bonchev–Trinajstić information content (AvgIpc) is 2.17. The topological polar surface area (TPSA) is 52.3 Å². The van der Waals surface area contributed by atoms with Crippen molar-refractivity contribution < 1.29 is 9.53 Å². The molecule has 3 nitrogen and oxygen atoms in total. The average molecular weight is 207 g/mol. The lowest BCUT2D eigenvalue weighted by molar-refractivity contribution is -0.133. The molecule has 15 heavy (non-hydrogen) atoms. The van der Waals surface area contributed by atoms with Crippen LogP contribution in [0, 0.1) is 0 Å². The predicted octanol–water partition coefficient (Wildman–Crippen LogP) is 2.11. The number of hydrogen-bond donors (Lipinski definition) is 1. The first kappa shape index (κ1) is 11.7. The summed E-state index contributed by atoms with van der Waals surface area (Å²) in [5.41, 5.74) is 7.76. The second-order valence-corrected chi connectivity index (χ2v) is 4.52. The highest BCUT2D eigenvalue weighted by Crippen LogP contribution is 2.23. The van der Waals surface area contributed by atoms with Crippen LogP contribution in [0.2, 0.25) is 0 Å². The largest absolute Gasteiger partial charge is 0.445 e. The summed E-state index contributed by atoms with van der Waals surface area (Å²) in [5, 5.41) is 0. The van der Waals surface area contributed by atoms with Gasteiger partial charge in [0.2, 0.25) is 0 Å². The fourth-order valence-electron chi connectivity index (χ4n) is 1.31. The maximum atomic E-state index is 10.1. The molecule has 1 atom stereocenters. The molecule has 3 heteroatoms. The Kier molecular flexibility index (Phi) is 3.48. The van der Waals surface area contributed by atoms with Crippen LogP contribution in [0.25, 0.3) is 0 Å². The summed E-state index contributed by atoms with van der Waals surface area (Å²) in [5.74, 6) is 0. The van der Waals surface area contributed by atoms with Crippen molar-refractivity contribution in [1.82, 2.24) is 0 Å². The fourth-order valence-corrected chi connectivity index (χ4v) is 1.31. The van der Waals surface area contributed by atoms with Crippen LogP contribution in [0.15, 0.2) is 24.3 Å². The van der Waals surface area contributed by atoms with Gasteiger partial charge in [0.15, 0.2) is 6.23 Å². The van der Waals surface area contributed by atoms with Crippen molar-refractivity contribution in [1.29, 1.82) is 0 Å². The lowest BCUT2D eigenvalue weighted by atomic mass is 9.86. The van der Waals surface area contributed by atoms with E-state index in [1.54, 1.807) is 0 Å². The molecule has 1 rings (SSSR count). The molecule has 82 valence electrons. The van der Waals surface area contributed by atoms with E-state index in [9.17, 15) is 4.79 Å².